The van der Waals surface area contributed by atoms with Crippen molar-refractivity contribution < 1.29 is 26.4 Å². The predicted octanol–water partition coefficient (Wildman–Crippen LogP) is 4.51. The van der Waals surface area contributed by atoms with E-state index in [1.165, 1.54) is 24.3 Å². The molecule has 0 aromatic heterocycles. The number of benzene rings is 2. The zero-order chi connectivity index (χ0) is 19.8. The van der Waals surface area contributed by atoms with E-state index in [1.807, 2.05) is 0 Å². The first-order valence-corrected chi connectivity index (χ1v) is 9.73. The maximum atomic E-state index is 12.9. The van der Waals surface area contributed by atoms with Crippen molar-refractivity contribution in [3.05, 3.63) is 53.1 Å². The van der Waals surface area contributed by atoms with Crippen LogP contribution in [0.25, 0.3) is 0 Å². The van der Waals surface area contributed by atoms with Crippen LogP contribution in [0.4, 0.5) is 24.5 Å². The molecular weight excluding hydrogens is 405 g/mol. The van der Waals surface area contributed by atoms with Gasteiger partial charge in [-0.2, -0.15) is 13.2 Å². The molecule has 1 aliphatic carbocycles. The summed E-state index contributed by atoms with van der Waals surface area (Å²) in [4.78, 5) is 11.1. The van der Waals surface area contributed by atoms with Crippen molar-refractivity contribution in [2.75, 3.05) is 10.0 Å². The predicted molar refractivity (Wildman–Crippen MR) is 95.1 cm³/mol. The van der Waals surface area contributed by atoms with Crippen molar-refractivity contribution in [3.63, 3.8) is 0 Å². The van der Waals surface area contributed by atoms with E-state index < -0.39 is 31.7 Å². The summed E-state index contributed by atoms with van der Waals surface area (Å²) in [6.07, 6.45) is -3.07. The van der Waals surface area contributed by atoms with E-state index in [0.29, 0.717) is 11.8 Å². The lowest BCUT2D eigenvalue weighted by Crippen LogP contribution is -2.15. The van der Waals surface area contributed by atoms with Crippen LogP contribution in [-0.2, 0) is 21.0 Å². The maximum Gasteiger partial charge on any atom is 0.417 e. The fourth-order valence-electron chi connectivity index (χ4n) is 2.31. The zero-order valence-corrected chi connectivity index (χ0v) is 15.3. The molecule has 0 aliphatic heterocycles. The lowest BCUT2D eigenvalue weighted by Gasteiger charge is -2.13. The highest BCUT2D eigenvalue weighted by molar-refractivity contribution is 7.92. The lowest BCUT2D eigenvalue weighted by atomic mass is 10.2. The Morgan fingerprint density at radius 2 is 1.63 bits per heavy atom. The molecule has 10 heteroatoms. The molecule has 144 valence electrons. The molecule has 2 aromatic rings. The molecule has 0 radical (unpaired) electrons. The molecule has 0 bridgehead atoms. The molecule has 0 saturated heterocycles. The van der Waals surface area contributed by atoms with Crippen LogP contribution in [0.2, 0.25) is 5.02 Å². The normalized spacial score (nSPS) is 14.7. The Kier molecular flexibility index (Phi) is 5.09. The van der Waals surface area contributed by atoms with Crippen LogP contribution in [0.5, 0.6) is 0 Å². The topological polar surface area (TPSA) is 75.3 Å². The van der Waals surface area contributed by atoms with E-state index in [2.05, 4.69) is 10.0 Å². The van der Waals surface area contributed by atoms with Crippen molar-refractivity contribution >= 4 is 38.9 Å². The van der Waals surface area contributed by atoms with E-state index in [0.717, 1.165) is 25.0 Å². The summed E-state index contributed by atoms with van der Waals surface area (Å²) in [7, 11) is -4.25. The highest BCUT2D eigenvalue weighted by Gasteiger charge is 2.34. The standard InChI is InChI=1S/C17H14ClF3N2O3S/c18-15-8-7-13(9-14(15)17(19,20)21)27(25,26)23-12-5-3-11(4-6-12)22-16(24)10-1-2-10/h3-10,23H,1-2H2,(H,22,24). The van der Waals surface area contributed by atoms with E-state index >= 15 is 0 Å². The van der Waals surface area contributed by atoms with Gasteiger partial charge >= 0.3 is 6.18 Å². The summed E-state index contributed by atoms with van der Waals surface area (Å²) in [5.74, 6) is -0.0694. The minimum absolute atomic E-state index is 0.0240. The van der Waals surface area contributed by atoms with Gasteiger partial charge in [0.05, 0.1) is 15.5 Å². The Bertz CT molecular complexity index is 972. The highest BCUT2D eigenvalue weighted by atomic mass is 35.5. The number of hydrogen-bond donors (Lipinski definition) is 2. The van der Waals surface area contributed by atoms with Crippen molar-refractivity contribution in [1.29, 1.82) is 0 Å². The first kappa shape index (κ1) is 19.5. The van der Waals surface area contributed by atoms with Crippen molar-refractivity contribution in [3.8, 4) is 0 Å². The Morgan fingerprint density at radius 3 is 2.19 bits per heavy atom. The summed E-state index contributed by atoms with van der Waals surface area (Å²) in [5.41, 5.74) is -0.589. The molecule has 3 rings (SSSR count). The molecule has 1 amide bonds. The molecule has 1 aliphatic rings. The Labute approximate surface area is 158 Å². The number of alkyl halides is 3. The second-order valence-corrected chi connectivity index (χ2v) is 8.18. The van der Waals surface area contributed by atoms with Crippen LogP contribution >= 0.6 is 11.6 Å². The molecule has 0 heterocycles. The van der Waals surface area contributed by atoms with Gasteiger partial charge in [0.15, 0.2) is 0 Å². The van der Waals surface area contributed by atoms with Crippen LogP contribution in [-0.4, -0.2) is 14.3 Å². The molecule has 1 saturated carbocycles. The molecule has 1 fully saturated rings. The van der Waals surface area contributed by atoms with Gasteiger partial charge in [0.1, 0.15) is 0 Å². The highest BCUT2D eigenvalue weighted by Crippen LogP contribution is 2.36. The Hall–Kier alpha value is -2.26. The second kappa shape index (κ2) is 7.05. The van der Waals surface area contributed by atoms with Crippen molar-refractivity contribution in [2.45, 2.75) is 23.9 Å². The van der Waals surface area contributed by atoms with E-state index in [1.54, 1.807) is 0 Å². The van der Waals surface area contributed by atoms with Gasteiger partial charge in [-0.15, -0.1) is 0 Å². The monoisotopic (exact) mass is 418 g/mol. The number of carbonyl (C=O) groups is 1. The van der Waals surface area contributed by atoms with Crippen LogP contribution < -0.4 is 10.0 Å². The minimum Gasteiger partial charge on any atom is -0.326 e. The Morgan fingerprint density at radius 1 is 1.04 bits per heavy atom. The zero-order valence-electron chi connectivity index (χ0n) is 13.7. The maximum absolute atomic E-state index is 12.9. The van der Waals surface area contributed by atoms with Gasteiger partial charge in [-0.05, 0) is 55.3 Å². The summed E-state index contributed by atoms with van der Waals surface area (Å²) in [5, 5.41) is 2.11. The Balaban J connectivity index is 1.77. The smallest absolute Gasteiger partial charge is 0.326 e. The largest absolute Gasteiger partial charge is 0.417 e. The average molecular weight is 419 g/mol. The second-order valence-electron chi connectivity index (χ2n) is 6.09. The van der Waals surface area contributed by atoms with Gasteiger partial charge < -0.3 is 5.32 Å². The number of halogens is 4. The third-order valence-electron chi connectivity index (χ3n) is 3.91. The van der Waals surface area contributed by atoms with Crippen LogP contribution in [0, 0.1) is 5.92 Å². The fraction of sp³-hybridized carbons (Fsp3) is 0.235. The first-order chi connectivity index (χ1) is 12.6. The van der Waals surface area contributed by atoms with Gasteiger partial charge in [-0.25, -0.2) is 8.42 Å². The number of amides is 1. The van der Waals surface area contributed by atoms with Crippen LogP contribution in [0.1, 0.15) is 18.4 Å². The minimum atomic E-state index is -4.77. The van der Waals surface area contributed by atoms with E-state index in [4.69, 9.17) is 11.6 Å². The van der Waals surface area contributed by atoms with Crippen LogP contribution in [0.3, 0.4) is 0 Å². The summed E-state index contributed by atoms with van der Waals surface area (Å²) in [6, 6.07) is 8.16. The molecule has 0 atom stereocenters. The van der Waals surface area contributed by atoms with Crippen LogP contribution in [0.15, 0.2) is 47.4 Å². The summed E-state index contributed by atoms with van der Waals surface area (Å²) < 4.78 is 65.7. The van der Waals surface area contributed by atoms with E-state index in [-0.39, 0.29) is 17.5 Å². The molecule has 5 nitrogen and oxygen atoms in total. The molecule has 27 heavy (non-hydrogen) atoms. The number of anilines is 2. The third-order valence-corrected chi connectivity index (χ3v) is 5.61. The quantitative estimate of drug-likeness (QED) is 0.750. The van der Waals surface area contributed by atoms with Gasteiger partial charge in [-0.3, -0.25) is 9.52 Å². The number of sulfonamides is 1. The fourth-order valence-corrected chi connectivity index (χ4v) is 3.62. The number of hydrogen-bond acceptors (Lipinski definition) is 3. The molecular formula is C17H14ClF3N2O3S. The van der Waals surface area contributed by atoms with Gasteiger partial charge in [-0.1, -0.05) is 11.6 Å². The molecule has 2 N–H and O–H groups in total. The molecule has 2 aromatic carbocycles. The SMILES string of the molecule is O=C(Nc1ccc(NS(=O)(=O)c2ccc(Cl)c(C(F)(F)F)c2)cc1)C1CC1. The van der Waals surface area contributed by atoms with E-state index in [9.17, 15) is 26.4 Å². The molecule has 0 unspecified atom stereocenters. The number of nitrogens with one attached hydrogen (secondary N) is 2. The number of carbonyl (C=O) groups excluding carboxylic acids is 1. The summed E-state index contributed by atoms with van der Waals surface area (Å²) in [6.45, 7) is 0. The third kappa shape index (κ3) is 4.72. The van der Waals surface area contributed by atoms with Gasteiger partial charge in [0, 0.05) is 17.3 Å². The first-order valence-electron chi connectivity index (χ1n) is 7.87. The average Bonchev–Trinajstić information content (AvgIpc) is 3.40. The van der Waals surface area contributed by atoms with Crippen molar-refractivity contribution in [1.82, 2.24) is 0 Å². The lowest BCUT2D eigenvalue weighted by molar-refractivity contribution is -0.137. The molecule has 0 spiro atoms. The summed E-state index contributed by atoms with van der Waals surface area (Å²) >= 11 is 5.51. The van der Waals surface area contributed by atoms with Gasteiger partial charge in [0.25, 0.3) is 10.0 Å². The van der Waals surface area contributed by atoms with Gasteiger partial charge in [0.2, 0.25) is 5.91 Å². The van der Waals surface area contributed by atoms with Crippen molar-refractivity contribution in [2.24, 2.45) is 5.92 Å². The number of rotatable bonds is 5.